The lowest BCUT2D eigenvalue weighted by molar-refractivity contribution is -0.136. The summed E-state index contributed by atoms with van der Waals surface area (Å²) in [7, 11) is 0. The summed E-state index contributed by atoms with van der Waals surface area (Å²) in [4.78, 5) is 3.39. The second-order valence-electron chi connectivity index (χ2n) is 3.77. The zero-order valence-corrected chi connectivity index (χ0v) is 9.74. The number of pyridine rings is 1. The van der Waals surface area contributed by atoms with Crippen molar-refractivity contribution < 1.29 is 26.3 Å². The molecule has 2 aromatic heterocycles. The predicted molar refractivity (Wildman–Crippen MR) is 55.0 cm³/mol. The van der Waals surface area contributed by atoms with Gasteiger partial charge in [-0.15, -0.1) is 0 Å². The lowest BCUT2D eigenvalue weighted by Crippen LogP contribution is -2.14. The highest BCUT2D eigenvalue weighted by molar-refractivity contribution is 6.31. The maximum Gasteiger partial charge on any atom is 0.421 e. The molecule has 0 aliphatic carbocycles. The van der Waals surface area contributed by atoms with Crippen LogP contribution in [0.2, 0.25) is 5.02 Å². The molecule has 0 amide bonds. The van der Waals surface area contributed by atoms with E-state index in [9.17, 15) is 26.3 Å². The summed E-state index contributed by atoms with van der Waals surface area (Å²) in [6, 6.07) is 0.888. The van der Waals surface area contributed by atoms with Gasteiger partial charge in [0.1, 0.15) is 5.56 Å². The van der Waals surface area contributed by atoms with Crippen molar-refractivity contribution in [3.05, 3.63) is 34.7 Å². The topological polar surface area (TPSA) is 17.3 Å². The van der Waals surface area contributed by atoms with Crippen LogP contribution in [-0.2, 0) is 12.6 Å². The molecule has 0 bridgehead atoms. The van der Waals surface area contributed by atoms with Gasteiger partial charge < -0.3 is 4.40 Å². The van der Waals surface area contributed by atoms with E-state index in [1.54, 1.807) is 0 Å². The Hall–Kier alpha value is -1.44. The van der Waals surface area contributed by atoms with Crippen molar-refractivity contribution >= 4 is 17.2 Å². The molecule has 0 N–H and O–H groups in total. The molecule has 0 aliphatic rings. The molecular weight excluding hydrogens is 298 g/mol. The van der Waals surface area contributed by atoms with Gasteiger partial charge in [0.15, 0.2) is 5.65 Å². The molecule has 2 aromatic rings. The molecular formula is C10H5ClF6N2. The Balaban J connectivity index is 2.64. The summed E-state index contributed by atoms with van der Waals surface area (Å²) in [5.41, 5.74) is -2.27. The second-order valence-corrected chi connectivity index (χ2v) is 4.18. The third-order valence-electron chi connectivity index (χ3n) is 2.37. The number of nitrogens with zero attached hydrogens (tertiary/aromatic N) is 2. The minimum absolute atomic E-state index is 0.385. The van der Waals surface area contributed by atoms with Gasteiger partial charge in [-0.2, -0.15) is 26.3 Å². The summed E-state index contributed by atoms with van der Waals surface area (Å²) in [5, 5.41) is -0.607. The third-order valence-corrected chi connectivity index (χ3v) is 2.69. The lowest BCUT2D eigenvalue weighted by Gasteiger charge is -2.11. The zero-order valence-electron chi connectivity index (χ0n) is 8.98. The summed E-state index contributed by atoms with van der Waals surface area (Å²) >= 11 is 5.43. The molecule has 19 heavy (non-hydrogen) atoms. The summed E-state index contributed by atoms with van der Waals surface area (Å²) < 4.78 is 75.8. The normalized spacial score (nSPS) is 13.2. The Morgan fingerprint density at radius 3 is 2.32 bits per heavy atom. The Bertz CT molecular complexity index is 613. The van der Waals surface area contributed by atoms with Crippen molar-refractivity contribution in [2.75, 3.05) is 0 Å². The van der Waals surface area contributed by atoms with Crippen molar-refractivity contribution in [2.45, 2.75) is 18.8 Å². The van der Waals surface area contributed by atoms with Gasteiger partial charge in [-0.05, 0) is 6.07 Å². The van der Waals surface area contributed by atoms with Gasteiger partial charge in [0, 0.05) is 12.4 Å². The number of rotatable bonds is 1. The molecule has 2 heterocycles. The predicted octanol–water partition coefficient (Wildman–Crippen LogP) is 4.11. The van der Waals surface area contributed by atoms with Crippen LogP contribution in [0.4, 0.5) is 26.3 Å². The third kappa shape index (κ3) is 2.78. The Morgan fingerprint density at radius 1 is 1.16 bits per heavy atom. The van der Waals surface area contributed by atoms with Crippen molar-refractivity contribution in [3.63, 3.8) is 0 Å². The molecule has 0 fully saturated rings. The van der Waals surface area contributed by atoms with Gasteiger partial charge >= 0.3 is 12.4 Å². The number of alkyl halides is 6. The average Bonchev–Trinajstić information content (AvgIpc) is 2.56. The van der Waals surface area contributed by atoms with Gasteiger partial charge in [-0.25, -0.2) is 4.98 Å². The number of fused-ring (bicyclic) bond motifs is 1. The maximum atomic E-state index is 12.8. The standard InChI is InChI=1S/C10H5ClF6N2/c11-6-1-2-19-5(3-9(12,13)14)4-18-8(19)7(6)10(15,16)17/h1-2,4H,3H2. The van der Waals surface area contributed by atoms with Crippen LogP contribution in [0.1, 0.15) is 11.3 Å². The molecule has 0 aliphatic heterocycles. The number of hydrogen-bond donors (Lipinski definition) is 0. The minimum atomic E-state index is -4.79. The van der Waals surface area contributed by atoms with Crippen LogP contribution in [0, 0.1) is 0 Å². The van der Waals surface area contributed by atoms with Crippen molar-refractivity contribution in [1.82, 2.24) is 9.38 Å². The van der Waals surface area contributed by atoms with E-state index < -0.39 is 35.0 Å². The molecule has 0 unspecified atom stereocenters. The number of imidazole rings is 1. The van der Waals surface area contributed by atoms with Crippen LogP contribution in [0.5, 0.6) is 0 Å². The van der Waals surface area contributed by atoms with Crippen LogP contribution >= 0.6 is 11.6 Å². The molecule has 0 spiro atoms. The van der Waals surface area contributed by atoms with Crippen molar-refractivity contribution in [1.29, 1.82) is 0 Å². The molecule has 0 saturated heterocycles. The lowest BCUT2D eigenvalue weighted by atomic mass is 10.2. The van der Waals surface area contributed by atoms with E-state index in [0.29, 0.717) is 0 Å². The quantitative estimate of drug-likeness (QED) is 0.725. The second kappa shape index (κ2) is 4.29. The number of halogens is 7. The van der Waals surface area contributed by atoms with E-state index in [4.69, 9.17) is 11.6 Å². The van der Waals surface area contributed by atoms with E-state index in [0.717, 1.165) is 22.9 Å². The Labute approximate surface area is 107 Å². The maximum absolute atomic E-state index is 12.8. The van der Waals surface area contributed by atoms with Crippen LogP contribution in [-0.4, -0.2) is 15.6 Å². The smallest absolute Gasteiger partial charge is 0.303 e. The minimum Gasteiger partial charge on any atom is -0.303 e. The van der Waals surface area contributed by atoms with Gasteiger partial charge in [0.05, 0.1) is 17.1 Å². The first-order valence-corrected chi connectivity index (χ1v) is 5.26. The molecule has 2 rings (SSSR count). The first-order chi connectivity index (χ1) is 8.59. The molecule has 0 aromatic carbocycles. The SMILES string of the molecule is FC(F)(F)Cc1cnc2c(C(F)(F)F)c(Cl)ccn12. The van der Waals surface area contributed by atoms with E-state index >= 15 is 0 Å². The fourth-order valence-corrected chi connectivity index (χ4v) is 1.92. The molecule has 9 heteroatoms. The van der Waals surface area contributed by atoms with Gasteiger partial charge in [-0.1, -0.05) is 11.6 Å². The summed E-state index contributed by atoms with van der Waals surface area (Å²) in [6.07, 6.45) is -8.91. The first-order valence-electron chi connectivity index (χ1n) is 4.88. The van der Waals surface area contributed by atoms with Crippen molar-refractivity contribution in [2.24, 2.45) is 0 Å². The van der Waals surface area contributed by atoms with E-state index in [1.807, 2.05) is 0 Å². The molecule has 2 nitrogen and oxygen atoms in total. The van der Waals surface area contributed by atoms with Gasteiger partial charge in [0.25, 0.3) is 0 Å². The Kier molecular flexibility index (Phi) is 3.16. The highest BCUT2D eigenvalue weighted by atomic mass is 35.5. The average molecular weight is 303 g/mol. The largest absolute Gasteiger partial charge is 0.421 e. The summed E-state index contributed by atoms with van der Waals surface area (Å²) in [5.74, 6) is 0. The first kappa shape index (κ1) is 14.0. The fourth-order valence-electron chi connectivity index (χ4n) is 1.68. The van der Waals surface area contributed by atoms with Crippen LogP contribution in [0.3, 0.4) is 0 Å². The Morgan fingerprint density at radius 2 is 1.79 bits per heavy atom. The van der Waals surface area contributed by atoms with Crippen LogP contribution in [0.15, 0.2) is 18.5 Å². The molecule has 104 valence electrons. The molecule has 0 saturated carbocycles. The molecule has 0 atom stereocenters. The van der Waals surface area contributed by atoms with Gasteiger partial charge in [0.2, 0.25) is 0 Å². The van der Waals surface area contributed by atoms with E-state index in [-0.39, 0.29) is 5.69 Å². The van der Waals surface area contributed by atoms with Crippen LogP contribution in [0.25, 0.3) is 5.65 Å². The highest BCUT2D eigenvalue weighted by Crippen LogP contribution is 2.37. The zero-order chi connectivity index (χ0) is 14.4. The molecule has 0 radical (unpaired) electrons. The van der Waals surface area contributed by atoms with Crippen LogP contribution < -0.4 is 0 Å². The summed E-state index contributed by atoms with van der Waals surface area (Å²) in [6.45, 7) is 0. The van der Waals surface area contributed by atoms with E-state index in [2.05, 4.69) is 4.98 Å². The fraction of sp³-hybridized carbons (Fsp3) is 0.300. The van der Waals surface area contributed by atoms with Gasteiger partial charge in [-0.3, -0.25) is 0 Å². The number of aromatic nitrogens is 2. The highest BCUT2D eigenvalue weighted by Gasteiger charge is 2.37. The van der Waals surface area contributed by atoms with Crippen molar-refractivity contribution in [3.8, 4) is 0 Å². The van der Waals surface area contributed by atoms with E-state index in [1.165, 1.54) is 0 Å². The number of hydrogen-bond acceptors (Lipinski definition) is 1. The monoisotopic (exact) mass is 302 g/mol.